The zero-order valence-electron chi connectivity index (χ0n) is 8.23. The van der Waals surface area contributed by atoms with Crippen molar-refractivity contribution in [2.75, 3.05) is 19.5 Å². The number of benzene rings is 1. The molecule has 1 atom stereocenters. The van der Waals surface area contributed by atoms with Crippen LogP contribution in [0.5, 0.6) is 5.75 Å². The first-order chi connectivity index (χ1) is 6.90. The fraction of sp³-hybridized carbons (Fsp3) is 0.455. The van der Waals surface area contributed by atoms with Gasteiger partial charge in [-0.1, -0.05) is 12.1 Å². The number of rotatable bonds is 2. The van der Waals surface area contributed by atoms with Gasteiger partial charge in [0, 0.05) is 6.61 Å². The Balaban J connectivity index is 2.07. The van der Waals surface area contributed by atoms with E-state index in [0.717, 1.165) is 18.8 Å². The van der Waals surface area contributed by atoms with Crippen LogP contribution in [-0.2, 0) is 4.74 Å². The van der Waals surface area contributed by atoms with Crippen molar-refractivity contribution in [1.29, 1.82) is 0 Å². The van der Waals surface area contributed by atoms with Crippen molar-refractivity contribution in [1.82, 2.24) is 0 Å². The maximum Gasteiger partial charge on any atom is 0.128 e. The van der Waals surface area contributed by atoms with Gasteiger partial charge in [0.2, 0.25) is 0 Å². The van der Waals surface area contributed by atoms with Crippen molar-refractivity contribution in [3.63, 3.8) is 0 Å². The van der Waals surface area contributed by atoms with Crippen molar-refractivity contribution < 1.29 is 9.47 Å². The molecule has 0 aromatic heterocycles. The molecule has 0 aliphatic carbocycles. The Morgan fingerprint density at radius 2 is 2.14 bits per heavy atom. The summed E-state index contributed by atoms with van der Waals surface area (Å²) in [5, 5.41) is 0. The summed E-state index contributed by atoms with van der Waals surface area (Å²) in [4.78, 5) is 0. The standard InChI is InChI=1S/C11H14O2S/c1-12-10-5-3-9(4-6-10)11-13-7-2-8-14-11/h3-6,11H,2,7-8H2,1H3. The molecule has 0 saturated carbocycles. The van der Waals surface area contributed by atoms with Gasteiger partial charge < -0.3 is 9.47 Å². The predicted molar refractivity (Wildman–Crippen MR) is 58.8 cm³/mol. The third-order valence-electron chi connectivity index (χ3n) is 2.22. The average Bonchev–Trinajstić information content (AvgIpc) is 2.30. The number of ether oxygens (including phenoxy) is 2. The van der Waals surface area contributed by atoms with Crippen LogP contribution in [0.25, 0.3) is 0 Å². The van der Waals surface area contributed by atoms with Gasteiger partial charge in [-0.05, 0) is 29.9 Å². The van der Waals surface area contributed by atoms with E-state index in [1.807, 2.05) is 23.9 Å². The van der Waals surface area contributed by atoms with Gasteiger partial charge in [-0.25, -0.2) is 0 Å². The van der Waals surface area contributed by atoms with Crippen LogP contribution in [0.15, 0.2) is 24.3 Å². The summed E-state index contributed by atoms with van der Waals surface area (Å²) in [6, 6.07) is 8.10. The fourth-order valence-electron chi connectivity index (χ4n) is 1.44. The molecule has 0 spiro atoms. The molecule has 0 amide bonds. The number of thioether (sulfide) groups is 1. The van der Waals surface area contributed by atoms with E-state index >= 15 is 0 Å². The molecule has 1 aliphatic rings. The van der Waals surface area contributed by atoms with Gasteiger partial charge in [-0.3, -0.25) is 0 Å². The Kier molecular flexibility index (Phi) is 3.32. The lowest BCUT2D eigenvalue weighted by Gasteiger charge is -2.22. The van der Waals surface area contributed by atoms with E-state index in [-0.39, 0.29) is 5.44 Å². The van der Waals surface area contributed by atoms with Crippen LogP contribution < -0.4 is 4.74 Å². The second-order valence-corrected chi connectivity index (χ2v) is 4.37. The minimum atomic E-state index is 0.217. The van der Waals surface area contributed by atoms with Crippen LogP contribution in [0.4, 0.5) is 0 Å². The molecular formula is C11H14O2S. The van der Waals surface area contributed by atoms with Crippen LogP contribution in [0.3, 0.4) is 0 Å². The molecule has 1 heterocycles. The van der Waals surface area contributed by atoms with E-state index < -0.39 is 0 Å². The fourth-order valence-corrected chi connectivity index (χ4v) is 2.48. The molecular weight excluding hydrogens is 196 g/mol. The highest BCUT2D eigenvalue weighted by Crippen LogP contribution is 2.34. The lowest BCUT2D eigenvalue weighted by Crippen LogP contribution is -2.09. The lowest BCUT2D eigenvalue weighted by atomic mass is 10.2. The summed E-state index contributed by atoms with van der Waals surface area (Å²) < 4.78 is 10.8. The summed E-state index contributed by atoms with van der Waals surface area (Å²) in [6.45, 7) is 0.879. The lowest BCUT2D eigenvalue weighted by molar-refractivity contribution is 0.106. The molecule has 2 nitrogen and oxygen atoms in total. The molecule has 0 N–H and O–H groups in total. The van der Waals surface area contributed by atoms with Gasteiger partial charge in [-0.2, -0.15) is 0 Å². The molecule has 1 aromatic carbocycles. The Labute approximate surface area is 88.6 Å². The van der Waals surface area contributed by atoms with Crippen molar-refractivity contribution in [2.45, 2.75) is 11.9 Å². The van der Waals surface area contributed by atoms with Gasteiger partial charge in [0.25, 0.3) is 0 Å². The third-order valence-corrected chi connectivity index (χ3v) is 3.45. The Morgan fingerprint density at radius 3 is 2.71 bits per heavy atom. The second kappa shape index (κ2) is 4.71. The number of methoxy groups -OCH3 is 1. The monoisotopic (exact) mass is 210 g/mol. The smallest absolute Gasteiger partial charge is 0.128 e. The summed E-state index contributed by atoms with van der Waals surface area (Å²) in [5.74, 6) is 2.09. The molecule has 1 aliphatic heterocycles. The SMILES string of the molecule is COc1ccc(C2OCCCS2)cc1. The van der Waals surface area contributed by atoms with E-state index in [9.17, 15) is 0 Å². The first-order valence-electron chi connectivity index (χ1n) is 4.77. The van der Waals surface area contributed by atoms with Gasteiger partial charge in [-0.15, -0.1) is 11.8 Å². The molecule has 1 aromatic rings. The van der Waals surface area contributed by atoms with Crippen LogP contribution in [0, 0.1) is 0 Å². The Bertz CT molecular complexity index is 278. The van der Waals surface area contributed by atoms with E-state index in [2.05, 4.69) is 12.1 Å². The average molecular weight is 210 g/mol. The molecule has 76 valence electrons. The van der Waals surface area contributed by atoms with Crippen molar-refractivity contribution in [3.05, 3.63) is 29.8 Å². The van der Waals surface area contributed by atoms with E-state index in [4.69, 9.17) is 9.47 Å². The second-order valence-electron chi connectivity index (χ2n) is 3.20. The Morgan fingerprint density at radius 1 is 1.36 bits per heavy atom. The van der Waals surface area contributed by atoms with Crippen molar-refractivity contribution in [3.8, 4) is 5.75 Å². The summed E-state index contributed by atoms with van der Waals surface area (Å²) in [6.07, 6.45) is 1.16. The van der Waals surface area contributed by atoms with E-state index in [1.165, 1.54) is 11.3 Å². The highest BCUT2D eigenvalue weighted by Gasteiger charge is 2.15. The quantitative estimate of drug-likeness (QED) is 0.747. The zero-order chi connectivity index (χ0) is 9.80. The van der Waals surface area contributed by atoms with Crippen LogP contribution in [0.1, 0.15) is 17.4 Å². The number of hydrogen-bond donors (Lipinski definition) is 0. The van der Waals surface area contributed by atoms with Gasteiger partial charge in [0.1, 0.15) is 11.2 Å². The molecule has 3 heteroatoms. The molecule has 1 saturated heterocycles. The van der Waals surface area contributed by atoms with Crippen molar-refractivity contribution in [2.24, 2.45) is 0 Å². The van der Waals surface area contributed by atoms with E-state index in [1.54, 1.807) is 7.11 Å². The van der Waals surface area contributed by atoms with Crippen LogP contribution >= 0.6 is 11.8 Å². The summed E-state index contributed by atoms with van der Waals surface area (Å²) in [7, 11) is 1.68. The molecule has 1 unspecified atom stereocenters. The Hall–Kier alpha value is -0.670. The zero-order valence-corrected chi connectivity index (χ0v) is 9.05. The first kappa shape index (κ1) is 9.87. The number of hydrogen-bond acceptors (Lipinski definition) is 3. The topological polar surface area (TPSA) is 18.5 Å². The van der Waals surface area contributed by atoms with E-state index in [0.29, 0.717) is 0 Å². The highest BCUT2D eigenvalue weighted by atomic mass is 32.2. The van der Waals surface area contributed by atoms with Crippen molar-refractivity contribution >= 4 is 11.8 Å². The van der Waals surface area contributed by atoms with Gasteiger partial charge >= 0.3 is 0 Å². The summed E-state index contributed by atoms with van der Waals surface area (Å²) in [5.41, 5.74) is 1.45. The third kappa shape index (κ3) is 2.22. The predicted octanol–water partition coefficient (Wildman–Crippen LogP) is 2.85. The highest BCUT2D eigenvalue weighted by molar-refractivity contribution is 7.99. The minimum absolute atomic E-state index is 0.217. The summed E-state index contributed by atoms with van der Waals surface area (Å²) >= 11 is 1.87. The van der Waals surface area contributed by atoms with Gasteiger partial charge in [0.15, 0.2) is 0 Å². The maximum absolute atomic E-state index is 5.66. The first-order valence-corrected chi connectivity index (χ1v) is 5.82. The van der Waals surface area contributed by atoms with Crippen LogP contribution in [0.2, 0.25) is 0 Å². The molecule has 0 bridgehead atoms. The molecule has 2 rings (SSSR count). The molecule has 14 heavy (non-hydrogen) atoms. The normalized spacial score (nSPS) is 21.9. The maximum atomic E-state index is 5.66. The minimum Gasteiger partial charge on any atom is -0.497 e. The largest absolute Gasteiger partial charge is 0.497 e. The molecule has 1 fully saturated rings. The van der Waals surface area contributed by atoms with Gasteiger partial charge in [0.05, 0.1) is 7.11 Å². The molecule has 0 radical (unpaired) electrons. The van der Waals surface area contributed by atoms with Crippen LogP contribution in [-0.4, -0.2) is 19.5 Å².